The second-order valence-electron chi connectivity index (χ2n) is 5.17. The molecule has 2 aromatic rings. The van der Waals surface area contributed by atoms with Gasteiger partial charge in [-0.1, -0.05) is 30.3 Å². The molecule has 2 amide bonds. The minimum atomic E-state index is -4.68. The number of benzene rings is 2. The number of hydrogen-bond donors (Lipinski definition) is 2. The van der Waals surface area contributed by atoms with Gasteiger partial charge in [0.05, 0.1) is 11.3 Å². The van der Waals surface area contributed by atoms with E-state index in [1.54, 1.807) is 24.3 Å². The molecule has 0 heterocycles. The Kier molecular flexibility index (Phi) is 5.59. The molecule has 25 heavy (non-hydrogen) atoms. The zero-order valence-corrected chi connectivity index (χ0v) is 13.2. The van der Waals surface area contributed by atoms with E-state index in [0.717, 1.165) is 23.8 Å². The fourth-order valence-electron chi connectivity index (χ4n) is 2.08. The summed E-state index contributed by atoms with van der Waals surface area (Å²) in [6.07, 6.45) is -2.04. The molecule has 2 N–H and O–H groups in total. The van der Waals surface area contributed by atoms with Gasteiger partial charge in [-0.05, 0) is 29.8 Å². The Balaban J connectivity index is 2.21. The van der Waals surface area contributed by atoms with E-state index in [9.17, 15) is 22.8 Å². The number of halogens is 3. The molecule has 0 bridgehead atoms. The van der Waals surface area contributed by atoms with E-state index in [-0.39, 0.29) is 11.4 Å². The van der Waals surface area contributed by atoms with Gasteiger partial charge in [0.2, 0.25) is 11.8 Å². The fourth-order valence-corrected chi connectivity index (χ4v) is 2.08. The summed E-state index contributed by atoms with van der Waals surface area (Å²) in [6.45, 7) is 1.19. The molecule has 0 fully saturated rings. The van der Waals surface area contributed by atoms with Crippen LogP contribution in [0.4, 0.5) is 24.5 Å². The summed E-state index contributed by atoms with van der Waals surface area (Å²) in [4.78, 5) is 22.9. The van der Waals surface area contributed by atoms with Crippen LogP contribution in [-0.4, -0.2) is 11.8 Å². The predicted octanol–water partition coefficient (Wildman–Crippen LogP) is 4.32. The first-order chi connectivity index (χ1) is 11.8. The third-order valence-electron chi connectivity index (χ3n) is 3.13. The van der Waals surface area contributed by atoms with Crippen LogP contribution in [0.3, 0.4) is 0 Å². The van der Waals surface area contributed by atoms with Gasteiger partial charge in [-0.25, -0.2) is 0 Å². The first-order valence-electron chi connectivity index (χ1n) is 7.28. The van der Waals surface area contributed by atoms with Gasteiger partial charge in [0.15, 0.2) is 0 Å². The average Bonchev–Trinajstić information content (AvgIpc) is 2.54. The molecule has 0 aliphatic carbocycles. The van der Waals surface area contributed by atoms with Crippen molar-refractivity contribution < 1.29 is 22.8 Å². The maximum Gasteiger partial charge on any atom is 0.418 e. The van der Waals surface area contributed by atoms with Gasteiger partial charge in [0.25, 0.3) is 0 Å². The van der Waals surface area contributed by atoms with Gasteiger partial charge >= 0.3 is 6.18 Å². The Bertz CT molecular complexity index is 800. The lowest BCUT2D eigenvalue weighted by molar-refractivity contribution is -0.137. The second kappa shape index (κ2) is 7.65. The third kappa shape index (κ3) is 5.49. The van der Waals surface area contributed by atoms with Crippen molar-refractivity contribution in [1.82, 2.24) is 0 Å². The van der Waals surface area contributed by atoms with E-state index >= 15 is 0 Å². The van der Waals surface area contributed by atoms with Crippen molar-refractivity contribution in [3.05, 3.63) is 65.7 Å². The first kappa shape index (κ1) is 18.3. The molecule has 0 saturated heterocycles. The number of hydrogen-bond acceptors (Lipinski definition) is 2. The molecule has 0 unspecified atom stereocenters. The van der Waals surface area contributed by atoms with Gasteiger partial charge in [-0.3, -0.25) is 9.59 Å². The number of nitrogens with one attached hydrogen (secondary N) is 2. The zero-order valence-electron chi connectivity index (χ0n) is 13.2. The Labute approximate surface area is 142 Å². The van der Waals surface area contributed by atoms with Crippen molar-refractivity contribution in [2.45, 2.75) is 13.1 Å². The molecule has 4 nitrogen and oxygen atoms in total. The molecule has 0 aliphatic rings. The van der Waals surface area contributed by atoms with Gasteiger partial charge in [-0.15, -0.1) is 0 Å². The van der Waals surface area contributed by atoms with E-state index in [0.29, 0.717) is 0 Å². The summed E-state index contributed by atoms with van der Waals surface area (Å²) in [5.41, 5.74) is -0.683. The van der Waals surface area contributed by atoms with Crippen molar-refractivity contribution in [3.8, 4) is 0 Å². The van der Waals surface area contributed by atoms with E-state index < -0.39 is 23.6 Å². The lowest BCUT2D eigenvalue weighted by Crippen LogP contribution is -2.16. The fraction of sp³-hybridized carbons (Fsp3) is 0.111. The zero-order chi connectivity index (χ0) is 18.4. The normalized spacial score (nSPS) is 11.4. The maximum atomic E-state index is 13.2. The Hall–Kier alpha value is -3.09. The first-order valence-corrected chi connectivity index (χ1v) is 7.28. The summed E-state index contributed by atoms with van der Waals surface area (Å²) in [7, 11) is 0. The smallest absolute Gasteiger partial charge is 0.326 e. The van der Waals surface area contributed by atoms with Crippen LogP contribution in [0.1, 0.15) is 18.1 Å². The van der Waals surface area contributed by atoms with Crippen LogP contribution < -0.4 is 10.6 Å². The van der Waals surface area contributed by atoms with Gasteiger partial charge in [0, 0.05) is 18.7 Å². The maximum absolute atomic E-state index is 13.2. The molecule has 0 spiro atoms. The quantitative estimate of drug-likeness (QED) is 0.809. The molecule has 0 aliphatic heterocycles. The number of alkyl halides is 3. The Morgan fingerprint density at radius 3 is 2.28 bits per heavy atom. The van der Waals surface area contributed by atoms with Crippen LogP contribution in [0.25, 0.3) is 6.08 Å². The van der Waals surface area contributed by atoms with Crippen molar-refractivity contribution in [2.24, 2.45) is 0 Å². The standard InChI is InChI=1S/C18H15F3N2O2/c1-12(24)22-14-8-9-16(15(11-14)18(19,20)21)23-17(25)10-7-13-5-3-2-4-6-13/h2-11H,1H3,(H,22,24)(H,23,25)/b10-7+. The number of rotatable bonds is 4. The van der Waals surface area contributed by atoms with E-state index in [1.807, 2.05) is 6.07 Å². The number of anilines is 2. The molecule has 130 valence electrons. The van der Waals surface area contributed by atoms with E-state index in [2.05, 4.69) is 10.6 Å². The minimum absolute atomic E-state index is 0.00217. The van der Waals surface area contributed by atoms with Crippen molar-refractivity contribution in [1.29, 1.82) is 0 Å². The highest BCUT2D eigenvalue weighted by atomic mass is 19.4. The molecule has 7 heteroatoms. The van der Waals surface area contributed by atoms with Crippen LogP contribution in [0.5, 0.6) is 0 Å². The Morgan fingerprint density at radius 2 is 1.68 bits per heavy atom. The summed E-state index contributed by atoms with van der Waals surface area (Å²) in [5.74, 6) is -1.18. The SMILES string of the molecule is CC(=O)Nc1ccc(NC(=O)/C=C/c2ccccc2)c(C(F)(F)F)c1. The second-order valence-corrected chi connectivity index (χ2v) is 5.17. The molecule has 2 aromatic carbocycles. The molecular weight excluding hydrogens is 333 g/mol. The largest absolute Gasteiger partial charge is 0.418 e. The van der Waals surface area contributed by atoms with Gasteiger partial charge in [-0.2, -0.15) is 13.2 Å². The number of carbonyl (C=O) groups is 2. The van der Waals surface area contributed by atoms with Gasteiger partial charge in [0.1, 0.15) is 0 Å². The van der Waals surface area contributed by atoms with Crippen LogP contribution in [0.2, 0.25) is 0 Å². The van der Waals surface area contributed by atoms with Crippen LogP contribution >= 0.6 is 0 Å². The lowest BCUT2D eigenvalue weighted by Gasteiger charge is -2.15. The van der Waals surface area contributed by atoms with Crippen molar-refractivity contribution in [2.75, 3.05) is 10.6 Å². The summed E-state index contributed by atoms with van der Waals surface area (Å²) >= 11 is 0. The summed E-state index contributed by atoms with van der Waals surface area (Å²) in [6, 6.07) is 12.0. The third-order valence-corrected chi connectivity index (χ3v) is 3.13. The highest BCUT2D eigenvalue weighted by Gasteiger charge is 2.34. The van der Waals surface area contributed by atoms with Crippen LogP contribution in [0, 0.1) is 0 Å². The van der Waals surface area contributed by atoms with Crippen molar-refractivity contribution >= 4 is 29.3 Å². The molecule has 0 aromatic heterocycles. The van der Waals surface area contributed by atoms with Crippen LogP contribution in [-0.2, 0) is 15.8 Å². The van der Waals surface area contributed by atoms with Crippen LogP contribution in [0.15, 0.2) is 54.6 Å². The molecule has 0 radical (unpaired) electrons. The highest BCUT2D eigenvalue weighted by molar-refractivity contribution is 6.02. The summed E-state index contributed by atoms with van der Waals surface area (Å²) < 4.78 is 39.6. The minimum Gasteiger partial charge on any atom is -0.326 e. The number of carbonyl (C=O) groups excluding carboxylic acids is 2. The molecule has 0 atom stereocenters. The van der Waals surface area contributed by atoms with E-state index in [1.165, 1.54) is 19.1 Å². The lowest BCUT2D eigenvalue weighted by atomic mass is 10.1. The van der Waals surface area contributed by atoms with Crippen molar-refractivity contribution in [3.63, 3.8) is 0 Å². The highest BCUT2D eigenvalue weighted by Crippen LogP contribution is 2.36. The summed E-state index contributed by atoms with van der Waals surface area (Å²) in [5, 5.41) is 4.49. The number of amides is 2. The molecule has 2 rings (SSSR count). The molecular formula is C18H15F3N2O2. The Morgan fingerprint density at radius 1 is 1.00 bits per heavy atom. The topological polar surface area (TPSA) is 58.2 Å². The van der Waals surface area contributed by atoms with Gasteiger partial charge < -0.3 is 10.6 Å². The van der Waals surface area contributed by atoms with E-state index in [4.69, 9.17) is 0 Å². The average molecular weight is 348 g/mol. The molecule has 0 saturated carbocycles. The monoisotopic (exact) mass is 348 g/mol. The predicted molar refractivity (Wildman–Crippen MR) is 89.9 cm³/mol.